The maximum absolute atomic E-state index is 12.9. The van der Waals surface area contributed by atoms with Crippen molar-refractivity contribution in [1.82, 2.24) is 4.31 Å². The highest BCUT2D eigenvalue weighted by molar-refractivity contribution is 7.90. The third-order valence-electron chi connectivity index (χ3n) is 3.72. The molecular weight excluding hydrogens is 374 g/mol. The Kier molecular flexibility index (Phi) is 6.22. The van der Waals surface area contributed by atoms with Crippen molar-refractivity contribution in [3.63, 3.8) is 0 Å². The second-order valence-electron chi connectivity index (χ2n) is 5.68. The molecule has 0 atom stereocenters. The summed E-state index contributed by atoms with van der Waals surface area (Å²) in [5.74, 6) is 0.635. The smallest absolute Gasteiger partial charge is 0.243 e. The van der Waals surface area contributed by atoms with Gasteiger partial charge in [0.2, 0.25) is 10.0 Å². The first-order valence-corrected chi connectivity index (χ1v) is 11.1. The maximum atomic E-state index is 12.9. The van der Waals surface area contributed by atoms with Crippen molar-refractivity contribution in [2.45, 2.75) is 16.3 Å². The molecule has 0 aliphatic rings. The summed E-state index contributed by atoms with van der Waals surface area (Å²) in [6.07, 6.45) is 2.58. The van der Waals surface area contributed by atoms with Crippen LogP contribution in [-0.2, 0) is 26.4 Å². The second kappa shape index (κ2) is 8.03. The van der Waals surface area contributed by atoms with Crippen LogP contribution < -0.4 is 4.74 Å². The Morgan fingerprint density at radius 2 is 1.65 bits per heavy atom. The Hall–Kier alpha value is -2.16. The van der Waals surface area contributed by atoms with Gasteiger partial charge in [0.05, 0.1) is 16.9 Å². The number of hydrogen-bond donors (Lipinski definition) is 0. The lowest BCUT2D eigenvalue weighted by Gasteiger charge is -2.21. The number of benzene rings is 2. The zero-order valence-electron chi connectivity index (χ0n) is 14.6. The lowest BCUT2D eigenvalue weighted by atomic mass is 10.2. The zero-order valence-corrected chi connectivity index (χ0v) is 16.3. The van der Waals surface area contributed by atoms with E-state index in [1.54, 1.807) is 31.4 Å². The normalized spacial score (nSPS) is 12.1. The molecule has 0 N–H and O–H groups in total. The molecule has 6 nitrogen and oxygen atoms in total. The van der Waals surface area contributed by atoms with Gasteiger partial charge in [0.15, 0.2) is 9.84 Å². The SMILES string of the molecule is C=CCN(Cc1cccc(OC)c1)S(=O)(=O)c1ccc(S(C)(=O)=O)cc1. The highest BCUT2D eigenvalue weighted by Gasteiger charge is 2.24. The average Bonchev–Trinajstić information content (AvgIpc) is 2.61. The largest absolute Gasteiger partial charge is 0.497 e. The average molecular weight is 396 g/mol. The molecule has 2 aromatic rings. The third-order valence-corrected chi connectivity index (χ3v) is 6.67. The Balaban J connectivity index is 2.36. The van der Waals surface area contributed by atoms with Crippen LogP contribution in [-0.4, -0.2) is 41.1 Å². The van der Waals surface area contributed by atoms with Crippen LogP contribution in [0.2, 0.25) is 0 Å². The first-order valence-electron chi connectivity index (χ1n) is 7.72. The van der Waals surface area contributed by atoms with Crippen LogP contribution in [0.3, 0.4) is 0 Å². The predicted molar refractivity (Wildman–Crippen MR) is 100 cm³/mol. The molecule has 0 amide bonds. The number of hydrogen-bond acceptors (Lipinski definition) is 5. The van der Waals surface area contributed by atoms with Gasteiger partial charge in [0, 0.05) is 19.3 Å². The molecule has 0 saturated heterocycles. The standard InChI is InChI=1S/C18H21NO5S2/c1-4-12-19(14-15-6-5-7-16(13-15)24-2)26(22,23)18-10-8-17(9-11-18)25(3,20)21/h4-11,13H,1,12,14H2,2-3H3. The molecule has 0 fully saturated rings. The van der Waals surface area contributed by atoms with Crippen molar-refractivity contribution in [3.8, 4) is 5.75 Å². The molecule has 0 spiro atoms. The minimum Gasteiger partial charge on any atom is -0.497 e. The van der Waals surface area contributed by atoms with Gasteiger partial charge < -0.3 is 4.74 Å². The molecule has 8 heteroatoms. The predicted octanol–water partition coefficient (Wildman–Crippen LogP) is 2.48. The lowest BCUT2D eigenvalue weighted by Crippen LogP contribution is -2.30. The fourth-order valence-electron chi connectivity index (χ4n) is 2.37. The summed E-state index contributed by atoms with van der Waals surface area (Å²) < 4.78 is 55.4. The van der Waals surface area contributed by atoms with E-state index in [9.17, 15) is 16.8 Å². The Morgan fingerprint density at radius 3 is 2.19 bits per heavy atom. The van der Waals surface area contributed by atoms with E-state index in [4.69, 9.17) is 4.74 Å². The molecule has 2 aromatic carbocycles. The van der Waals surface area contributed by atoms with E-state index in [-0.39, 0.29) is 22.9 Å². The molecule has 0 bridgehead atoms. The van der Waals surface area contributed by atoms with Crippen LogP contribution in [0.1, 0.15) is 5.56 Å². The topological polar surface area (TPSA) is 80.8 Å². The molecule has 2 rings (SSSR count). The molecule has 0 unspecified atom stereocenters. The van der Waals surface area contributed by atoms with Gasteiger partial charge in [-0.3, -0.25) is 0 Å². The molecule has 0 aliphatic heterocycles. The molecule has 26 heavy (non-hydrogen) atoms. The van der Waals surface area contributed by atoms with Gasteiger partial charge in [-0.1, -0.05) is 18.2 Å². The van der Waals surface area contributed by atoms with Crippen LogP contribution in [0.25, 0.3) is 0 Å². The van der Waals surface area contributed by atoms with E-state index in [1.807, 2.05) is 0 Å². The summed E-state index contributed by atoms with van der Waals surface area (Å²) in [6, 6.07) is 12.3. The lowest BCUT2D eigenvalue weighted by molar-refractivity contribution is 0.410. The Morgan fingerprint density at radius 1 is 1.04 bits per heavy atom. The zero-order chi connectivity index (χ0) is 19.4. The summed E-state index contributed by atoms with van der Waals surface area (Å²) in [6.45, 7) is 3.88. The quantitative estimate of drug-likeness (QED) is 0.642. The minimum absolute atomic E-state index is 0.0228. The number of nitrogens with zero attached hydrogens (tertiary/aromatic N) is 1. The molecule has 0 aromatic heterocycles. The Labute approximate surface area is 154 Å². The molecule has 0 radical (unpaired) electrons. The highest BCUT2D eigenvalue weighted by Crippen LogP contribution is 2.22. The second-order valence-corrected chi connectivity index (χ2v) is 9.64. The van der Waals surface area contributed by atoms with Crippen molar-refractivity contribution in [3.05, 3.63) is 66.7 Å². The van der Waals surface area contributed by atoms with Crippen LogP contribution in [0, 0.1) is 0 Å². The van der Waals surface area contributed by atoms with E-state index in [0.717, 1.165) is 11.8 Å². The third kappa shape index (κ3) is 4.72. The van der Waals surface area contributed by atoms with Crippen molar-refractivity contribution >= 4 is 19.9 Å². The minimum atomic E-state index is -3.82. The van der Waals surface area contributed by atoms with Gasteiger partial charge >= 0.3 is 0 Å². The first kappa shape index (κ1) is 20.2. The van der Waals surface area contributed by atoms with Crippen LogP contribution in [0.5, 0.6) is 5.75 Å². The van der Waals surface area contributed by atoms with Gasteiger partial charge in [0.1, 0.15) is 5.75 Å². The summed E-state index contributed by atoms with van der Waals surface area (Å²) in [4.78, 5) is 0.0918. The fourth-order valence-corrected chi connectivity index (χ4v) is 4.40. The number of ether oxygens (including phenoxy) is 1. The van der Waals surface area contributed by atoms with Crippen LogP contribution in [0.4, 0.5) is 0 Å². The number of sulfone groups is 1. The summed E-state index contributed by atoms with van der Waals surface area (Å²) in [5.41, 5.74) is 0.766. The van der Waals surface area contributed by atoms with Crippen molar-refractivity contribution in [2.75, 3.05) is 19.9 Å². The maximum Gasteiger partial charge on any atom is 0.243 e. The Bertz CT molecular complexity index is 980. The van der Waals surface area contributed by atoms with Crippen molar-refractivity contribution in [1.29, 1.82) is 0 Å². The van der Waals surface area contributed by atoms with Gasteiger partial charge in [-0.15, -0.1) is 6.58 Å². The van der Waals surface area contributed by atoms with Gasteiger partial charge in [0.25, 0.3) is 0 Å². The molecule has 0 saturated carbocycles. The number of rotatable bonds is 8. The van der Waals surface area contributed by atoms with Gasteiger partial charge in [-0.25, -0.2) is 16.8 Å². The van der Waals surface area contributed by atoms with Crippen LogP contribution >= 0.6 is 0 Å². The van der Waals surface area contributed by atoms with E-state index >= 15 is 0 Å². The van der Waals surface area contributed by atoms with E-state index in [0.29, 0.717) is 5.75 Å². The van der Waals surface area contributed by atoms with Crippen molar-refractivity contribution in [2.24, 2.45) is 0 Å². The van der Waals surface area contributed by atoms with Crippen molar-refractivity contribution < 1.29 is 21.6 Å². The molecule has 0 aliphatic carbocycles. The number of sulfonamides is 1. The molecular formula is C18H21NO5S2. The fraction of sp³-hybridized carbons (Fsp3) is 0.222. The molecule has 140 valence electrons. The summed E-state index contributed by atoms with van der Waals surface area (Å²) in [5, 5.41) is 0. The van der Waals surface area contributed by atoms with E-state index in [2.05, 4.69) is 6.58 Å². The monoisotopic (exact) mass is 395 g/mol. The van der Waals surface area contributed by atoms with Crippen LogP contribution in [0.15, 0.2) is 71.0 Å². The number of methoxy groups -OCH3 is 1. The van der Waals surface area contributed by atoms with E-state index < -0.39 is 19.9 Å². The van der Waals surface area contributed by atoms with Gasteiger partial charge in [-0.05, 0) is 42.0 Å². The highest BCUT2D eigenvalue weighted by atomic mass is 32.2. The first-order chi connectivity index (χ1) is 12.2. The summed E-state index contributed by atoms with van der Waals surface area (Å²) >= 11 is 0. The van der Waals surface area contributed by atoms with Gasteiger partial charge in [-0.2, -0.15) is 4.31 Å². The molecule has 0 heterocycles. The van der Waals surface area contributed by atoms with E-state index in [1.165, 1.54) is 34.6 Å². The summed E-state index contributed by atoms with van der Waals surface area (Å²) in [7, 11) is -5.66.